The summed E-state index contributed by atoms with van der Waals surface area (Å²) in [5, 5.41) is 0. The SMILES string of the molecule is Cc1cc(C)cc(CS(=O)CC=O)c1. The normalized spacial score (nSPS) is 12.4. The zero-order chi connectivity index (χ0) is 10.6. The Kier molecular flexibility index (Phi) is 4.01. The van der Waals surface area contributed by atoms with Crippen LogP contribution in [0.5, 0.6) is 0 Å². The highest BCUT2D eigenvalue weighted by atomic mass is 32.2. The van der Waals surface area contributed by atoms with Gasteiger partial charge in [-0.2, -0.15) is 0 Å². The topological polar surface area (TPSA) is 34.1 Å². The summed E-state index contributed by atoms with van der Waals surface area (Å²) in [5.74, 6) is 0.605. The number of rotatable bonds is 4. The van der Waals surface area contributed by atoms with Gasteiger partial charge in [-0.3, -0.25) is 4.21 Å². The van der Waals surface area contributed by atoms with Crippen LogP contribution in [0.4, 0.5) is 0 Å². The molecule has 76 valence electrons. The van der Waals surface area contributed by atoms with E-state index in [1.165, 1.54) is 11.1 Å². The highest BCUT2D eigenvalue weighted by Gasteiger charge is 2.01. The average molecular weight is 210 g/mol. The van der Waals surface area contributed by atoms with Gasteiger partial charge in [0.05, 0.1) is 5.75 Å². The van der Waals surface area contributed by atoms with Crippen LogP contribution >= 0.6 is 0 Å². The van der Waals surface area contributed by atoms with E-state index in [-0.39, 0.29) is 5.75 Å². The standard InChI is InChI=1S/C11H14O2S/c1-9-5-10(2)7-11(6-9)8-14(13)4-3-12/h3,5-7H,4,8H2,1-2H3. The Morgan fingerprint density at radius 1 is 1.21 bits per heavy atom. The number of hydrogen-bond acceptors (Lipinski definition) is 2. The third-order valence-electron chi connectivity index (χ3n) is 1.86. The van der Waals surface area contributed by atoms with Gasteiger partial charge in [-0.05, 0) is 19.4 Å². The van der Waals surface area contributed by atoms with Gasteiger partial charge in [0.2, 0.25) is 0 Å². The van der Waals surface area contributed by atoms with Crippen molar-refractivity contribution in [3.05, 3.63) is 34.9 Å². The molecule has 0 aromatic heterocycles. The van der Waals surface area contributed by atoms with E-state index in [4.69, 9.17) is 0 Å². The van der Waals surface area contributed by atoms with Crippen LogP contribution in [0.3, 0.4) is 0 Å². The van der Waals surface area contributed by atoms with Gasteiger partial charge in [0.25, 0.3) is 0 Å². The van der Waals surface area contributed by atoms with E-state index < -0.39 is 10.8 Å². The molecule has 0 saturated heterocycles. The molecule has 1 unspecified atom stereocenters. The first kappa shape index (κ1) is 11.1. The maximum absolute atomic E-state index is 11.3. The van der Waals surface area contributed by atoms with Crippen molar-refractivity contribution in [2.45, 2.75) is 19.6 Å². The summed E-state index contributed by atoms with van der Waals surface area (Å²) < 4.78 is 11.3. The minimum atomic E-state index is -1.06. The summed E-state index contributed by atoms with van der Waals surface area (Å²) in [6.07, 6.45) is 0.707. The minimum absolute atomic E-state index is 0.132. The Labute approximate surface area is 86.8 Å². The Bertz CT molecular complexity index is 338. The highest BCUT2D eigenvalue weighted by Crippen LogP contribution is 2.10. The molecule has 1 aromatic carbocycles. The van der Waals surface area contributed by atoms with Gasteiger partial charge in [0.15, 0.2) is 0 Å². The smallest absolute Gasteiger partial charge is 0.132 e. The van der Waals surface area contributed by atoms with E-state index in [9.17, 15) is 9.00 Å². The maximum Gasteiger partial charge on any atom is 0.132 e. The largest absolute Gasteiger partial charge is 0.302 e. The zero-order valence-electron chi connectivity index (χ0n) is 8.45. The van der Waals surface area contributed by atoms with Crippen LogP contribution in [-0.2, 0) is 21.3 Å². The van der Waals surface area contributed by atoms with Crippen molar-refractivity contribution in [2.75, 3.05) is 5.75 Å². The first-order valence-corrected chi connectivity index (χ1v) is 5.96. The molecule has 0 spiro atoms. The lowest BCUT2D eigenvalue weighted by Gasteiger charge is -2.03. The monoisotopic (exact) mass is 210 g/mol. The lowest BCUT2D eigenvalue weighted by atomic mass is 10.1. The second-order valence-electron chi connectivity index (χ2n) is 3.41. The lowest BCUT2D eigenvalue weighted by molar-refractivity contribution is -0.105. The number of hydrogen-bond donors (Lipinski definition) is 0. The quantitative estimate of drug-likeness (QED) is 0.709. The molecule has 1 atom stereocenters. The van der Waals surface area contributed by atoms with Gasteiger partial charge in [-0.1, -0.05) is 29.3 Å². The molecule has 0 aliphatic rings. The molecule has 3 heteroatoms. The fourth-order valence-corrected chi connectivity index (χ4v) is 2.28. The lowest BCUT2D eigenvalue weighted by Crippen LogP contribution is -2.02. The summed E-state index contributed by atoms with van der Waals surface area (Å²) in [4.78, 5) is 10.1. The Hall–Kier alpha value is -0.960. The van der Waals surface area contributed by atoms with Gasteiger partial charge in [0.1, 0.15) is 6.29 Å². The molecule has 0 N–H and O–H groups in total. The van der Waals surface area contributed by atoms with Crippen LogP contribution < -0.4 is 0 Å². The molecule has 1 aromatic rings. The van der Waals surface area contributed by atoms with Gasteiger partial charge >= 0.3 is 0 Å². The van der Waals surface area contributed by atoms with E-state index in [2.05, 4.69) is 6.07 Å². The molecule has 0 heterocycles. The second-order valence-corrected chi connectivity index (χ2v) is 4.92. The highest BCUT2D eigenvalue weighted by molar-refractivity contribution is 7.84. The first-order chi connectivity index (χ1) is 6.61. The van der Waals surface area contributed by atoms with Gasteiger partial charge < -0.3 is 4.79 Å². The van der Waals surface area contributed by atoms with Crippen molar-refractivity contribution in [1.29, 1.82) is 0 Å². The number of aldehydes is 1. The summed E-state index contributed by atoms with van der Waals surface area (Å²) in [6.45, 7) is 4.03. The number of carbonyl (C=O) groups excluding carboxylic acids is 1. The Morgan fingerprint density at radius 3 is 2.29 bits per heavy atom. The van der Waals surface area contributed by atoms with Crippen molar-refractivity contribution in [3.8, 4) is 0 Å². The molecule has 2 nitrogen and oxygen atoms in total. The molecule has 0 radical (unpaired) electrons. The van der Waals surface area contributed by atoms with E-state index in [1.807, 2.05) is 26.0 Å². The van der Waals surface area contributed by atoms with Gasteiger partial charge in [0, 0.05) is 16.6 Å². The molecule has 0 saturated carbocycles. The predicted octanol–water partition coefficient (Wildman–Crippen LogP) is 1.75. The van der Waals surface area contributed by atoms with Gasteiger partial charge in [-0.15, -0.1) is 0 Å². The average Bonchev–Trinajstić information content (AvgIpc) is 2.01. The van der Waals surface area contributed by atoms with E-state index in [1.54, 1.807) is 0 Å². The summed E-state index contributed by atoms with van der Waals surface area (Å²) in [7, 11) is -1.06. The predicted molar refractivity (Wildman–Crippen MR) is 58.7 cm³/mol. The second kappa shape index (κ2) is 5.05. The fourth-order valence-electron chi connectivity index (χ4n) is 1.47. The molecular formula is C11H14O2S. The van der Waals surface area contributed by atoms with Crippen molar-refractivity contribution >= 4 is 17.1 Å². The van der Waals surface area contributed by atoms with E-state index in [0.717, 1.165) is 5.56 Å². The van der Waals surface area contributed by atoms with Crippen molar-refractivity contribution in [3.63, 3.8) is 0 Å². The van der Waals surface area contributed by atoms with Crippen LogP contribution in [0, 0.1) is 13.8 Å². The van der Waals surface area contributed by atoms with Crippen LogP contribution in [-0.4, -0.2) is 16.2 Å². The third kappa shape index (κ3) is 3.42. The van der Waals surface area contributed by atoms with Crippen LogP contribution in [0.1, 0.15) is 16.7 Å². The number of benzene rings is 1. The van der Waals surface area contributed by atoms with Crippen molar-refractivity contribution in [2.24, 2.45) is 0 Å². The molecule has 0 fully saturated rings. The van der Waals surface area contributed by atoms with Crippen LogP contribution in [0.2, 0.25) is 0 Å². The zero-order valence-corrected chi connectivity index (χ0v) is 9.26. The third-order valence-corrected chi connectivity index (χ3v) is 3.03. The van der Waals surface area contributed by atoms with Crippen molar-refractivity contribution in [1.82, 2.24) is 0 Å². The molecule has 0 aliphatic heterocycles. The molecule has 1 rings (SSSR count). The number of carbonyl (C=O) groups is 1. The van der Waals surface area contributed by atoms with E-state index >= 15 is 0 Å². The summed E-state index contributed by atoms with van der Waals surface area (Å²) in [6, 6.07) is 6.09. The Morgan fingerprint density at radius 2 is 1.79 bits per heavy atom. The van der Waals surface area contributed by atoms with Crippen LogP contribution in [0.25, 0.3) is 0 Å². The molecule has 0 bridgehead atoms. The number of aryl methyl sites for hydroxylation is 2. The molecule has 0 amide bonds. The van der Waals surface area contributed by atoms with Gasteiger partial charge in [-0.25, -0.2) is 0 Å². The Balaban J connectivity index is 2.76. The fraction of sp³-hybridized carbons (Fsp3) is 0.364. The van der Waals surface area contributed by atoms with Crippen molar-refractivity contribution < 1.29 is 9.00 Å². The minimum Gasteiger partial charge on any atom is -0.302 e. The van der Waals surface area contributed by atoms with E-state index in [0.29, 0.717) is 12.0 Å². The summed E-state index contributed by atoms with van der Waals surface area (Å²) >= 11 is 0. The maximum atomic E-state index is 11.3. The molecular weight excluding hydrogens is 196 g/mol. The molecule has 0 aliphatic carbocycles. The molecule has 14 heavy (non-hydrogen) atoms. The summed E-state index contributed by atoms with van der Waals surface area (Å²) in [5.41, 5.74) is 3.38. The van der Waals surface area contributed by atoms with Crippen LogP contribution in [0.15, 0.2) is 18.2 Å². The first-order valence-electron chi connectivity index (χ1n) is 4.47.